The third-order valence-corrected chi connectivity index (χ3v) is 3.79. The highest BCUT2D eigenvalue weighted by Gasteiger charge is 2.40. The van der Waals surface area contributed by atoms with Crippen LogP contribution in [0.3, 0.4) is 0 Å². The lowest BCUT2D eigenvalue weighted by molar-refractivity contribution is 0.0448. The Bertz CT molecular complexity index is 826. The number of phenols is 4. The number of carbonyl (C=O) groups is 1. The van der Waals surface area contributed by atoms with Crippen LogP contribution in [-0.4, -0.2) is 33.5 Å². The normalized spacial score (nSPS) is 16.1. The van der Waals surface area contributed by atoms with Crippen molar-refractivity contribution in [1.29, 1.82) is 0 Å². The lowest BCUT2D eigenvalue weighted by atomic mass is 9.94. The van der Waals surface area contributed by atoms with E-state index in [0.717, 1.165) is 0 Å². The van der Waals surface area contributed by atoms with Crippen molar-refractivity contribution in [3.63, 3.8) is 0 Å². The smallest absolute Gasteiger partial charge is 0.343 e. The largest absolute Gasteiger partial charge is 0.508 e. The maximum Gasteiger partial charge on any atom is 0.343 e. The summed E-state index contributed by atoms with van der Waals surface area (Å²) in [6.45, 7) is 1.55. The summed E-state index contributed by atoms with van der Waals surface area (Å²) in [5, 5.41) is 40.2. The third-order valence-electron chi connectivity index (χ3n) is 3.79. The van der Waals surface area contributed by atoms with Crippen LogP contribution in [0.15, 0.2) is 18.2 Å². The molecule has 2 aromatic carbocycles. The van der Waals surface area contributed by atoms with E-state index in [9.17, 15) is 25.2 Å². The minimum Gasteiger partial charge on any atom is -0.508 e. The van der Waals surface area contributed by atoms with Gasteiger partial charge in [-0.1, -0.05) is 0 Å². The molecule has 0 amide bonds. The van der Waals surface area contributed by atoms with E-state index < -0.39 is 12.1 Å². The predicted octanol–water partition coefficient (Wildman–Crippen LogP) is 2.09. The Hall–Kier alpha value is -3.09. The zero-order valence-electron chi connectivity index (χ0n) is 12.3. The predicted molar refractivity (Wildman–Crippen MR) is 78.1 cm³/mol. The number of rotatable bonds is 2. The van der Waals surface area contributed by atoms with Crippen LogP contribution in [0.1, 0.15) is 33.2 Å². The molecule has 0 saturated heterocycles. The van der Waals surface area contributed by atoms with Gasteiger partial charge in [0.1, 0.15) is 22.8 Å². The van der Waals surface area contributed by atoms with Gasteiger partial charge in [-0.3, -0.25) is 0 Å². The average molecular weight is 318 g/mol. The summed E-state index contributed by atoms with van der Waals surface area (Å²) in [6.07, 6.45) is -1.18. The number of methoxy groups -OCH3 is 1. The van der Waals surface area contributed by atoms with Gasteiger partial charge in [-0.25, -0.2) is 4.79 Å². The Kier molecular flexibility index (Phi) is 3.21. The zero-order chi connectivity index (χ0) is 16.9. The number of hydrogen-bond acceptors (Lipinski definition) is 7. The van der Waals surface area contributed by atoms with Gasteiger partial charge in [0.2, 0.25) is 0 Å². The maximum atomic E-state index is 12.0. The second-order valence-electron chi connectivity index (χ2n) is 5.22. The molecule has 1 unspecified atom stereocenters. The van der Waals surface area contributed by atoms with E-state index in [1.54, 1.807) is 6.92 Å². The standard InChI is InChI=1S/C16H14O7/c1-6-3-9(18)11-12(13(6)19)15(23-16(11)21)8-4-7(17)5-10(22-2)14(8)20/h3-5,15,17-20H,1-2H3. The fourth-order valence-corrected chi connectivity index (χ4v) is 2.70. The summed E-state index contributed by atoms with van der Waals surface area (Å²) in [5.74, 6) is -1.95. The molecule has 23 heavy (non-hydrogen) atoms. The number of phenolic OH excluding ortho intramolecular Hbond substituents is 4. The molecule has 2 aromatic rings. The summed E-state index contributed by atoms with van der Waals surface area (Å²) in [6, 6.07) is 3.65. The van der Waals surface area contributed by atoms with Crippen LogP contribution in [0.25, 0.3) is 0 Å². The Morgan fingerprint density at radius 2 is 1.78 bits per heavy atom. The zero-order valence-corrected chi connectivity index (χ0v) is 12.3. The van der Waals surface area contributed by atoms with Crippen LogP contribution in [0.5, 0.6) is 28.7 Å². The van der Waals surface area contributed by atoms with E-state index in [-0.39, 0.29) is 45.4 Å². The van der Waals surface area contributed by atoms with Crippen molar-refractivity contribution in [3.05, 3.63) is 40.5 Å². The van der Waals surface area contributed by atoms with Crippen molar-refractivity contribution in [2.24, 2.45) is 0 Å². The highest BCUT2D eigenvalue weighted by Crippen LogP contribution is 2.50. The first-order valence-electron chi connectivity index (χ1n) is 6.71. The van der Waals surface area contributed by atoms with Crippen molar-refractivity contribution in [3.8, 4) is 28.7 Å². The summed E-state index contributed by atoms with van der Waals surface area (Å²) >= 11 is 0. The molecule has 7 heteroatoms. The van der Waals surface area contributed by atoms with Gasteiger partial charge in [0.15, 0.2) is 17.6 Å². The Balaban J connectivity index is 2.28. The number of ether oxygens (including phenoxy) is 2. The minimum atomic E-state index is -1.18. The van der Waals surface area contributed by atoms with E-state index in [1.165, 1.54) is 25.3 Å². The lowest BCUT2D eigenvalue weighted by Gasteiger charge is -2.17. The second-order valence-corrected chi connectivity index (χ2v) is 5.22. The fourth-order valence-electron chi connectivity index (χ4n) is 2.70. The number of esters is 1. The van der Waals surface area contributed by atoms with Crippen LogP contribution in [0.4, 0.5) is 0 Å². The first-order chi connectivity index (χ1) is 10.8. The Labute approximate surface area is 131 Å². The van der Waals surface area contributed by atoms with E-state index >= 15 is 0 Å². The molecule has 0 aromatic heterocycles. The molecule has 0 radical (unpaired) electrons. The first-order valence-corrected chi connectivity index (χ1v) is 6.71. The first kappa shape index (κ1) is 14.8. The van der Waals surface area contributed by atoms with Gasteiger partial charge in [0.05, 0.1) is 12.7 Å². The van der Waals surface area contributed by atoms with Crippen molar-refractivity contribution in [1.82, 2.24) is 0 Å². The van der Waals surface area contributed by atoms with E-state index in [1.807, 2.05) is 0 Å². The topological polar surface area (TPSA) is 116 Å². The van der Waals surface area contributed by atoms with Crippen LogP contribution in [-0.2, 0) is 4.74 Å². The Morgan fingerprint density at radius 1 is 1.09 bits per heavy atom. The van der Waals surface area contributed by atoms with Crippen LogP contribution in [0.2, 0.25) is 0 Å². The summed E-state index contributed by atoms with van der Waals surface area (Å²) in [7, 11) is 1.31. The van der Waals surface area contributed by atoms with Gasteiger partial charge >= 0.3 is 5.97 Å². The molecule has 0 saturated carbocycles. The van der Waals surface area contributed by atoms with E-state index in [0.29, 0.717) is 5.56 Å². The van der Waals surface area contributed by atoms with Crippen LogP contribution in [0, 0.1) is 6.92 Å². The highest BCUT2D eigenvalue weighted by molar-refractivity contribution is 5.98. The number of benzene rings is 2. The molecule has 4 N–H and O–H groups in total. The quantitative estimate of drug-likeness (QED) is 0.495. The van der Waals surface area contributed by atoms with Gasteiger partial charge < -0.3 is 29.9 Å². The summed E-state index contributed by atoms with van der Waals surface area (Å²) in [4.78, 5) is 12.0. The molecule has 0 fully saturated rings. The molecule has 3 rings (SSSR count). The molecule has 1 heterocycles. The molecule has 7 nitrogen and oxygen atoms in total. The highest BCUT2D eigenvalue weighted by atomic mass is 16.6. The lowest BCUT2D eigenvalue weighted by Crippen LogP contribution is -2.02. The Morgan fingerprint density at radius 3 is 2.43 bits per heavy atom. The molecule has 120 valence electrons. The molecular formula is C16H14O7. The van der Waals surface area contributed by atoms with Crippen molar-refractivity contribution < 1.29 is 34.7 Å². The molecule has 1 atom stereocenters. The van der Waals surface area contributed by atoms with Crippen molar-refractivity contribution in [2.45, 2.75) is 13.0 Å². The molecular weight excluding hydrogens is 304 g/mol. The maximum absolute atomic E-state index is 12.0. The minimum absolute atomic E-state index is 0.0131. The van der Waals surface area contributed by atoms with Gasteiger partial charge in [-0.2, -0.15) is 0 Å². The number of cyclic esters (lactones) is 1. The number of hydrogen-bond donors (Lipinski definition) is 4. The average Bonchev–Trinajstić information content (AvgIpc) is 2.84. The molecule has 1 aliphatic rings. The van der Waals surface area contributed by atoms with Gasteiger partial charge in [-0.05, 0) is 24.6 Å². The third kappa shape index (κ3) is 2.09. The molecule has 0 aliphatic carbocycles. The molecule has 1 aliphatic heterocycles. The summed E-state index contributed by atoms with van der Waals surface area (Å²) < 4.78 is 10.1. The number of aromatic hydroxyl groups is 4. The van der Waals surface area contributed by atoms with Crippen molar-refractivity contribution >= 4 is 5.97 Å². The molecule has 0 spiro atoms. The van der Waals surface area contributed by atoms with Crippen LogP contribution >= 0.6 is 0 Å². The van der Waals surface area contributed by atoms with Crippen LogP contribution < -0.4 is 4.74 Å². The SMILES string of the molecule is COc1cc(O)cc(C2OC(=O)c3c(O)cc(C)c(O)c32)c1O. The number of fused-ring (bicyclic) bond motifs is 1. The number of carbonyl (C=O) groups excluding carboxylic acids is 1. The van der Waals surface area contributed by atoms with Gasteiger partial charge in [0.25, 0.3) is 0 Å². The van der Waals surface area contributed by atoms with E-state index in [4.69, 9.17) is 9.47 Å². The van der Waals surface area contributed by atoms with Gasteiger partial charge in [0, 0.05) is 11.6 Å². The van der Waals surface area contributed by atoms with Crippen molar-refractivity contribution in [2.75, 3.05) is 7.11 Å². The monoisotopic (exact) mass is 318 g/mol. The van der Waals surface area contributed by atoms with Gasteiger partial charge in [-0.15, -0.1) is 0 Å². The number of aryl methyl sites for hydroxylation is 1. The summed E-state index contributed by atoms with van der Waals surface area (Å²) in [5.41, 5.74) is 0.251. The van der Waals surface area contributed by atoms with E-state index in [2.05, 4.69) is 0 Å². The molecule has 0 bridgehead atoms. The second kappa shape index (κ2) is 4.98. The fraction of sp³-hybridized carbons (Fsp3) is 0.188.